The smallest absolute Gasteiger partial charge is 0.323 e. The normalized spacial score (nSPS) is 16.3. The molecule has 2 aliphatic heterocycles. The quantitative estimate of drug-likeness (QED) is 0.501. The second-order valence-electron chi connectivity index (χ2n) is 7.04. The van der Waals surface area contributed by atoms with Gasteiger partial charge in [-0.15, -0.1) is 0 Å². The lowest BCUT2D eigenvalue weighted by Crippen LogP contribution is -2.48. The lowest BCUT2D eigenvalue weighted by molar-refractivity contribution is -0.135. The van der Waals surface area contributed by atoms with Crippen molar-refractivity contribution in [2.75, 3.05) is 25.0 Å². The Hall–Kier alpha value is -2.85. The van der Waals surface area contributed by atoms with E-state index in [0.717, 1.165) is 53.9 Å². The van der Waals surface area contributed by atoms with Crippen LogP contribution >= 0.6 is 11.8 Å². The number of carbonyl (C=O) groups is 2. The van der Waals surface area contributed by atoms with E-state index in [1.807, 2.05) is 0 Å². The molecule has 3 heterocycles. The van der Waals surface area contributed by atoms with Crippen molar-refractivity contribution in [2.24, 2.45) is 0 Å². The largest absolute Gasteiger partial charge is 0.480 e. The number of rotatable bonds is 5. The number of likely N-dealkylation sites (tertiary alicyclic amines) is 1. The number of amides is 2. The molecule has 1 aromatic carbocycles. The SMILES string of the molecule is O=C(O)CNC(=O)NC1CCN(Cc2ccc3c(c2)Nc2nccnc2S3)CC1. The number of carboxylic acids is 1. The molecule has 2 amide bonds. The highest BCUT2D eigenvalue weighted by atomic mass is 32.2. The van der Waals surface area contributed by atoms with Gasteiger partial charge < -0.3 is 21.1 Å². The van der Waals surface area contributed by atoms with Gasteiger partial charge >= 0.3 is 12.0 Å². The summed E-state index contributed by atoms with van der Waals surface area (Å²) >= 11 is 1.62. The van der Waals surface area contributed by atoms with E-state index in [0.29, 0.717) is 0 Å². The maximum absolute atomic E-state index is 11.7. The van der Waals surface area contributed by atoms with Crippen LogP contribution in [0.1, 0.15) is 18.4 Å². The molecule has 0 bridgehead atoms. The van der Waals surface area contributed by atoms with E-state index in [1.54, 1.807) is 24.2 Å². The number of carboxylic acid groups (broad SMARTS) is 1. The molecule has 4 rings (SSSR count). The number of benzene rings is 1. The molecule has 0 radical (unpaired) electrons. The summed E-state index contributed by atoms with van der Waals surface area (Å²) in [5, 5.41) is 18.0. The maximum atomic E-state index is 11.7. The first-order chi connectivity index (χ1) is 14.1. The molecule has 0 atom stereocenters. The second-order valence-corrected chi connectivity index (χ2v) is 8.07. The fraction of sp³-hybridized carbons (Fsp3) is 0.368. The van der Waals surface area contributed by atoms with Gasteiger partial charge in [-0.3, -0.25) is 9.69 Å². The highest BCUT2D eigenvalue weighted by Crippen LogP contribution is 2.42. The molecule has 4 N–H and O–H groups in total. The van der Waals surface area contributed by atoms with Crippen molar-refractivity contribution in [2.45, 2.75) is 35.3 Å². The number of piperidine rings is 1. The molecule has 1 saturated heterocycles. The Kier molecular flexibility index (Phi) is 5.81. The van der Waals surface area contributed by atoms with Gasteiger partial charge in [-0.2, -0.15) is 0 Å². The maximum Gasteiger partial charge on any atom is 0.323 e. The molecular formula is C19H22N6O3S. The number of aromatic nitrogens is 2. The zero-order chi connectivity index (χ0) is 20.2. The summed E-state index contributed by atoms with van der Waals surface area (Å²) in [4.78, 5) is 34.4. The molecule has 29 heavy (non-hydrogen) atoms. The molecule has 1 fully saturated rings. The monoisotopic (exact) mass is 414 g/mol. The lowest BCUT2D eigenvalue weighted by atomic mass is 10.0. The summed E-state index contributed by atoms with van der Waals surface area (Å²) in [5.74, 6) is -0.265. The minimum atomic E-state index is -1.05. The Balaban J connectivity index is 1.28. The van der Waals surface area contributed by atoms with Gasteiger partial charge in [-0.1, -0.05) is 17.8 Å². The Bertz CT molecular complexity index is 917. The predicted molar refractivity (Wildman–Crippen MR) is 108 cm³/mol. The molecule has 0 aliphatic carbocycles. The van der Waals surface area contributed by atoms with E-state index in [2.05, 4.69) is 49.0 Å². The van der Waals surface area contributed by atoms with Crippen LogP contribution in [-0.4, -0.2) is 57.7 Å². The molecule has 10 heteroatoms. The van der Waals surface area contributed by atoms with Crippen molar-refractivity contribution in [3.63, 3.8) is 0 Å². The van der Waals surface area contributed by atoms with Gasteiger partial charge in [0.2, 0.25) is 0 Å². The molecule has 1 aromatic heterocycles. The van der Waals surface area contributed by atoms with Gasteiger partial charge in [-0.25, -0.2) is 14.8 Å². The molecule has 9 nitrogen and oxygen atoms in total. The van der Waals surface area contributed by atoms with Gasteiger partial charge in [0.1, 0.15) is 11.6 Å². The third kappa shape index (κ3) is 4.96. The average Bonchev–Trinajstić information content (AvgIpc) is 2.72. The van der Waals surface area contributed by atoms with Crippen LogP contribution < -0.4 is 16.0 Å². The number of urea groups is 1. The lowest BCUT2D eigenvalue weighted by Gasteiger charge is -2.32. The zero-order valence-electron chi connectivity index (χ0n) is 15.7. The zero-order valence-corrected chi connectivity index (χ0v) is 16.5. The van der Waals surface area contributed by atoms with E-state index in [4.69, 9.17) is 5.11 Å². The van der Waals surface area contributed by atoms with E-state index in [-0.39, 0.29) is 12.6 Å². The van der Waals surface area contributed by atoms with Crippen molar-refractivity contribution < 1.29 is 14.7 Å². The number of fused-ring (bicyclic) bond motifs is 2. The van der Waals surface area contributed by atoms with Crippen LogP contribution in [0.15, 0.2) is 40.5 Å². The van der Waals surface area contributed by atoms with Gasteiger partial charge in [-0.05, 0) is 30.5 Å². The van der Waals surface area contributed by atoms with Crippen molar-refractivity contribution in [3.8, 4) is 0 Å². The van der Waals surface area contributed by atoms with E-state index < -0.39 is 12.0 Å². The van der Waals surface area contributed by atoms with Crippen LogP contribution in [0.2, 0.25) is 0 Å². The Morgan fingerprint density at radius 2 is 2.03 bits per heavy atom. The summed E-state index contributed by atoms with van der Waals surface area (Å²) in [6, 6.07) is 6.05. The summed E-state index contributed by atoms with van der Waals surface area (Å²) in [6.07, 6.45) is 5.05. The molecular weight excluding hydrogens is 392 g/mol. The van der Waals surface area contributed by atoms with Gasteiger partial charge in [0.25, 0.3) is 0 Å². The van der Waals surface area contributed by atoms with E-state index in [9.17, 15) is 9.59 Å². The average molecular weight is 414 g/mol. The first kappa shape index (κ1) is 19.5. The van der Waals surface area contributed by atoms with E-state index in [1.165, 1.54) is 5.56 Å². The van der Waals surface area contributed by atoms with Crippen LogP contribution in [0.5, 0.6) is 0 Å². The van der Waals surface area contributed by atoms with Gasteiger partial charge in [0, 0.05) is 43.0 Å². The van der Waals surface area contributed by atoms with Crippen molar-refractivity contribution in [1.29, 1.82) is 0 Å². The van der Waals surface area contributed by atoms with Crippen LogP contribution in [0.3, 0.4) is 0 Å². The fourth-order valence-electron chi connectivity index (χ4n) is 3.47. The van der Waals surface area contributed by atoms with Crippen molar-refractivity contribution in [1.82, 2.24) is 25.5 Å². The van der Waals surface area contributed by atoms with Gasteiger partial charge in [0.15, 0.2) is 5.82 Å². The topological polar surface area (TPSA) is 119 Å². The number of aliphatic carboxylic acids is 1. The first-order valence-corrected chi connectivity index (χ1v) is 10.3. The molecule has 0 unspecified atom stereocenters. The number of carbonyl (C=O) groups excluding carboxylic acids is 1. The highest BCUT2D eigenvalue weighted by molar-refractivity contribution is 7.99. The van der Waals surface area contributed by atoms with Crippen LogP contribution in [0, 0.1) is 0 Å². The number of hydrogen-bond donors (Lipinski definition) is 4. The minimum Gasteiger partial charge on any atom is -0.480 e. The Labute approximate surface area is 172 Å². The third-order valence-electron chi connectivity index (χ3n) is 4.90. The second kappa shape index (κ2) is 8.66. The van der Waals surface area contributed by atoms with Crippen molar-refractivity contribution in [3.05, 3.63) is 36.2 Å². The third-order valence-corrected chi connectivity index (χ3v) is 5.97. The molecule has 2 aliphatic rings. The fourth-order valence-corrected chi connectivity index (χ4v) is 4.34. The number of hydrogen-bond acceptors (Lipinski definition) is 7. The van der Waals surface area contributed by atoms with E-state index >= 15 is 0 Å². The predicted octanol–water partition coefficient (Wildman–Crippen LogP) is 2.03. The Morgan fingerprint density at radius 1 is 1.24 bits per heavy atom. The van der Waals surface area contributed by atoms with Crippen LogP contribution in [0.25, 0.3) is 0 Å². The van der Waals surface area contributed by atoms with Crippen LogP contribution in [-0.2, 0) is 11.3 Å². The molecule has 0 saturated carbocycles. The minimum absolute atomic E-state index is 0.0664. The summed E-state index contributed by atoms with van der Waals surface area (Å²) in [6.45, 7) is 2.21. The first-order valence-electron chi connectivity index (χ1n) is 9.44. The van der Waals surface area contributed by atoms with Gasteiger partial charge in [0.05, 0.1) is 5.69 Å². The summed E-state index contributed by atoms with van der Waals surface area (Å²) in [7, 11) is 0. The highest BCUT2D eigenvalue weighted by Gasteiger charge is 2.22. The van der Waals surface area contributed by atoms with Crippen molar-refractivity contribution >= 4 is 35.3 Å². The molecule has 2 aromatic rings. The summed E-state index contributed by atoms with van der Waals surface area (Å²) in [5.41, 5.74) is 2.27. The van der Waals surface area contributed by atoms with Crippen LogP contribution in [0.4, 0.5) is 16.3 Å². The number of anilines is 2. The molecule has 152 valence electrons. The number of nitrogens with zero attached hydrogens (tertiary/aromatic N) is 3. The summed E-state index contributed by atoms with van der Waals surface area (Å²) < 4.78 is 0. The number of nitrogens with one attached hydrogen (secondary N) is 3. The Morgan fingerprint density at radius 3 is 2.83 bits per heavy atom. The molecule has 0 spiro atoms. The standard InChI is InChI=1S/C19H22N6O3S/c26-16(27)10-22-19(28)23-13-3-7-25(8-4-13)11-12-1-2-15-14(9-12)24-17-18(29-15)21-6-5-20-17/h1-2,5-6,9,13H,3-4,7-8,10-11H2,(H,20,24)(H,26,27)(H2,22,23,28).